The van der Waals surface area contributed by atoms with E-state index in [4.69, 9.17) is 10.4 Å². The Balaban J connectivity index is 2.46. The molecule has 1 aromatic heterocycles. The number of halogens is 2. The van der Waals surface area contributed by atoms with Gasteiger partial charge in [0, 0.05) is 9.99 Å². The van der Waals surface area contributed by atoms with E-state index in [1.165, 1.54) is 18.2 Å². The van der Waals surface area contributed by atoms with E-state index in [0.29, 0.717) is 5.56 Å². The van der Waals surface area contributed by atoms with Gasteiger partial charge in [-0.1, -0.05) is 6.07 Å². The first kappa shape index (κ1) is 14.4. The SMILES string of the molecule is N#Cc1ccc(C(=O)O)c(Cc2ccc(I)cc2F)n1. The molecule has 0 bridgehead atoms. The molecule has 0 amide bonds. The number of carboxylic acid groups (broad SMARTS) is 1. The zero-order chi connectivity index (χ0) is 14.7. The molecule has 20 heavy (non-hydrogen) atoms. The maximum Gasteiger partial charge on any atom is 0.337 e. The molecule has 0 spiro atoms. The summed E-state index contributed by atoms with van der Waals surface area (Å²) in [5, 5.41) is 17.9. The highest BCUT2D eigenvalue weighted by molar-refractivity contribution is 14.1. The van der Waals surface area contributed by atoms with Crippen LogP contribution in [0.2, 0.25) is 0 Å². The lowest BCUT2D eigenvalue weighted by Crippen LogP contribution is -2.07. The van der Waals surface area contributed by atoms with Crippen LogP contribution >= 0.6 is 22.6 Å². The summed E-state index contributed by atoms with van der Waals surface area (Å²) in [4.78, 5) is 15.1. The molecule has 0 aliphatic heterocycles. The monoisotopic (exact) mass is 382 g/mol. The van der Waals surface area contributed by atoms with Crippen LogP contribution in [0.4, 0.5) is 4.39 Å². The van der Waals surface area contributed by atoms with Gasteiger partial charge in [-0.25, -0.2) is 14.2 Å². The summed E-state index contributed by atoms with van der Waals surface area (Å²) in [7, 11) is 0. The zero-order valence-corrected chi connectivity index (χ0v) is 12.3. The summed E-state index contributed by atoms with van der Waals surface area (Å²) < 4.78 is 14.6. The molecule has 1 aromatic carbocycles. The van der Waals surface area contributed by atoms with Crippen molar-refractivity contribution in [1.29, 1.82) is 5.26 Å². The van der Waals surface area contributed by atoms with Crippen molar-refractivity contribution in [2.24, 2.45) is 0 Å². The number of aromatic nitrogens is 1. The second kappa shape index (κ2) is 5.96. The molecule has 0 radical (unpaired) electrons. The minimum atomic E-state index is -1.15. The Kier molecular flexibility index (Phi) is 4.29. The highest BCUT2D eigenvalue weighted by Crippen LogP contribution is 2.18. The van der Waals surface area contributed by atoms with Gasteiger partial charge in [-0.05, 0) is 52.4 Å². The maximum atomic E-state index is 13.8. The van der Waals surface area contributed by atoms with Crippen LogP contribution in [0, 0.1) is 20.7 Å². The molecule has 4 nitrogen and oxygen atoms in total. The molecule has 0 unspecified atom stereocenters. The molecule has 0 fully saturated rings. The number of aromatic carboxylic acids is 1. The lowest BCUT2D eigenvalue weighted by Gasteiger charge is -2.07. The minimum Gasteiger partial charge on any atom is -0.478 e. The van der Waals surface area contributed by atoms with Gasteiger partial charge in [0.15, 0.2) is 0 Å². The Morgan fingerprint density at radius 1 is 1.40 bits per heavy atom. The molecule has 2 rings (SSSR count). The van der Waals surface area contributed by atoms with Crippen LogP contribution in [0.25, 0.3) is 0 Å². The largest absolute Gasteiger partial charge is 0.478 e. The van der Waals surface area contributed by atoms with Crippen molar-refractivity contribution in [1.82, 2.24) is 4.98 Å². The highest BCUT2D eigenvalue weighted by atomic mass is 127. The quantitative estimate of drug-likeness (QED) is 0.829. The van der Waals surface area contributed by atoms with Gasteiger partial charge in [-0.2, -0.15) is 5.26 Å². The van der Waals surface area contributed by atoms with E-state index in [9.17, 15) is 9.18 Å². The van der Waals surface area contributed by atoms with Crippen LogP contribution < -0.4 is 0 Å². The number of pyridine rings is 1. The summed E-state index contributed by atoms with van der Waals surface area (Å²) in [6.07, 6.45) is 0.0277. The van der Waals surface area contributed by atoms with Gasteiger partial charge >= 0.3 is 5.97 Å². The van der Waals surface area contributed by atoms with Gasteiger partial charge in [0.05, 0.1) is 11.3 Å². The second-order valence-corrected chi connectivity index (χ2v) is 5.27. The van der Waals surface area contributed by atoms with E-state index in [1.807, 2.05) is 28.7 Å². The van der Waals surface area contributed by atoms with Crippen molar-refractivity contribution in [3.8, 4) is 6.07 Å². The van der Waals surface area contributed by atoms with Gasteiger partial charge in [0.1, 0.15) is 17.6 Å². The molecular weight excluding hydrogens is 374 g/mol. The highest BCUT2D eigenvalue weighted by Gasteiger charge is 2.14. The van der Waals surface area contributed by atoms with E-state index in [-0.39, 0.29) is 23.4 Å². The van der Waals surface area contributed by atoms with Crippen molar-refractivity contribution in [3.63, 3.8) is 0 Å². The first-order chi connectivity index (χ1) is 9.51. The van der Waals surface area contributed by atoms with Crippen molar-refractivity contribution >= 4 is 28.6 Å². The predicted octanol–water partition coefficient (Wildman–Crippen LogP) is 2.99. The van der Waals surface area contributed by atoms with Crippen LogP contribution in [0.15, 0.2) is 30.3 Å². The number of nitriles is 1. The van der Waals surface area contributed by atoms with Gasteiger partial charge in [-0.3, -0.25) is 0 Å². The number of rotatable bonds is 3. The van der Waals surface area contributed by atoms with Crippen LogP contribution in [0.3, 0.4) is 0 Å². The van der Waals surface area contributed by atoms with Crippen molar-refractivity contribution in [2.45, 2.75) is 6.42 Å². The molecule has 0 saturated carbocycles. The fraction of sp³-hybridized carbons (Fsp3) is 0.0714. The third-order valence-electron chi connectivity index (χ3n) is 2.69. The molecule has 0 aliphatic rings. The smallest absolute Gasteiger partial charge is 0.337 e. The molecule has 6 heteroatoms. The third kappa shape index (κ3) is 3.11. The van der Waals surface area contributed by atoms with Crippen molar-refractivity contribution in [3.05, 3.63) is 62.2 Å². The van der Waals surface area contributed by atoms with E-state index in [1.54, 1.807) is 12.1 Å². The van der Waals surface area contributed by atoms with Crippen molar-refractivity contribution in [2.75, 3.05) is 0 Å². The number of carboxylic acids is 1. The van der Waals surface area contributed by atoms with Gasteiger partial charge in [-0.15, -0.1) is 0 Å². The lowest BCUT2D eigenvalue weighted by atomic mass is 10.0. The summed E-state index contributed by atoms with van der Waals surface area (Å²) >= 11 is 1.99. The summed E-state index contributed by atoms with van der Waals surface area (Å²) in [6.45, 7) is 0. The van der Waals surface area contributed by atoms with Gasteiger partial charge in [0.2, 0.25) is 0 Å². The number of hydrogen-bond acceptors (Lipinski definition) is 3. The Morgan fingerprint density at radius 2 is 2.15 bits per heavy atom. The van der Waals surface area contributed by atoms with Crippen LogP contribution in [0.1, 0.15) is 27.3 Å². The Hall–Kier alpha value is -2.01. The number of carbonyl (C=O) groups is 1. The number of hydrogen-bond donors (Lipinski definition) is 1. The first-order valence-corrected chi connectivity index (χ1v) is 6.66. The Bertz CT molecular complexity index is 726. The molecule has 0 aliphatic carbocycles. The molecular formula is C14H8FIN2O2. The van der Waals surface area contributed by atoms with Crippen molar-refractivity contribution < 1.29 is 14.3 Å². The van der Waals surface area contributed by atoms with E-state index in [0.717, 1.165) is 3.57 Å². The molecule has 0 atom stereocenters. The zero-order valence-electron chi connectivity index (χ0n) is 10.1. The lowest BCUT2D eigenvalue weighted by molar-refractivity contribution is 0.0695. The van der Waals surface area contributed by atoms with Crippen LogP contribution in [0.5, 0.6) is 0 Å². The van der Waals surface area contributed by atoms with E-state index in [2.05, 4.69) is 4.98 Å². The molecule has 2 aromatic rings. The average Bonchev–Trinajstić information content (AvgIpc) is 2.41. The number of benzene rings is 1. The summed E-state index contributed by atoms with van der Waals surface area (Å²) in [5.74, 6) is -1.57. The third-order valence-corrected chi connectivity index (χ3v) is 3.36. The average molecular weight is 382 g/mol. The fourth-order valence-electron chi connectivity index (χ4n) is 1.74. The predicted molar refractivity (Wildman–Crippen MR) is 77.8 cm³/mol. The van der Waals surface area contributed by atoms with Crippen LogP contribution in [-0.4, -0.2) is 16.1 Å². The first-order valence-electron chi connectivity index (χ1n) is 5.58. The van der Waals surface area contributed by atoms with E-state index >= 15 is 0 Å². The second-order valence-electron chi connectivity index (χ2n) is 4.02. The fourth-order valence-corrected chi connectivity index (χ4v) is 2.19. The Labute approximate surface area is 128 Å². The van der Waals surface area contributed by atoms with Gasteiger partial charge in [0.25, 0.3) is 0 Å². The molecule has 0 saturated heterocycles. The summed E-state index contributed by atoms with van der Waals surface area (Å²) in [5.41, 5.74) is 0.602. The normalized spacial score (nSPS) is 10.1. The topological polar surface area (TPSA) is 74.0 Å². The molecule has 1 heterocycles. The molecule has 100 valence electrons. The Morgan fingerprint density at radius 3 is 2.75 bits per heavy atom. The van der Waals surface area contributed by atoms with E-state index < -0.39 is 11.8 Å². The standard InChI is InChI=1S/C14H8FIN2O2/c15-12-6-9(16)2-1-8(12)5-13-11(14(19)20)4-3-10(7-17)18-13/h1-4,6H,5H2,(H,19,20). The summed E-state index contributed by atoms with van der Waals surface area (Å²) in [6, 6.07) is 9.17. The van der Waals surface area contributed by atoms with Gasteiger partial charge < -0.3 is 5.11 Å². The molecule has 1 N–H and O–H groups in total. The number of nitrogens with zero attached hydrogens (tertiary/aromatic N) is 2. The maximum absolute atomic E-state index is 13.8. The minimum absolute atomic E-state index is 0.0260. The van der Waals surface area contributed by atoms with Crippen LogP contribution in [-0.2, 0) is 6.42 Å².